The van der Waals surface area contributed by atoms with E-state index >= 15 is 0 Å². The maximum atomic E-state index is 12.8. The van der Waals surface area contributed by atoms with Gasteiger partial charge in [0.15, 0.2) is 5.82 Å². The molecule has 0 amide bonds. The number of unbranched alkanes of at least 4 members (excludes halogenated alkanes) is 1. The summed E-state index contributed by atoms with van der Waals surface area (Å²) in [5.74, 6) is 0.548. The number of anilines is 3. The lowest BCUT2D eigenvalue weighted by atomic mass is 10.2. The topological polar surface area (TPSA) is 62.7 Å². The molecule has 23 heavy (non-hydrogen) atoms. The minimum absolute atomic E-state index is 0.0986. The number of halogens is 4. The molecule has 0 atom stereocenters. The molecule has 0 aliphatic heterocycles. The number of hydrogen-bond acceptors (Lipinski definition) is 5. The van der Waals surface area contributed by atoms with Gasteiger partial charge >= 0.3 is 6.18 Å². The molecule has 124 valence electrons. The van der Waals surface area contributed by atoms with Gasteiger partial charge < -0.3 is 10.6 Å². The SMILES string of the molecule is CCCCNc1nncc(Nc2cc(C(F)(F)F)ccc2Cl)n1. The first kappa shape index (κ1) is 17.3. The fourth-order valence-corrected chi connectivity index (χ4v) is 1.92. The van der Waals surface area contributed by atoms with E-state index in [0.29, 0.717) is 12.5 Å². The van der Waals surface area contributed by atoms with Crippen LogP contribution in [0.3, 0.4) is 0 Å². The maximum absolute atomic E-state index is 12.8. The monoisotopic (exact) mass is 345 g/mol. The van der Waals surface area contributed by atoms with Crippen molar-refractivity contribution in [1.29, 1.82) is 0 Å². The number of aromatic nitrogens is 3. The highest BCUT2D eigenvalue weighted by molar-refractivity contribution is 6.33. The van der Waals surface area contributed by atoms with Gasteiger partial charge in [-0.15, -0.1) is 5.10 Å². The standard InChI is InChI=1S/C14H15ClF3N5/c1-2-3-6-19-13-22-12(8-20-23-13)21-11-7-9(14(16,17)18)4-5-10(11)15/h4-5,7-8H,2-3,6H2,1H3,(H2,19,21,22,23). The molecule has 2 rings (SSSR count). The average Bonchev–Trinajstić information content (AvgIpc) is 2.49. The summed E-state index contributed by atoms with van der Waals surface area (Å²) in [6, 6.07) is 3.03. The molecule has 2 aromatic rings. The second kappa shape index (κ2) is 7.45. The quantitative estimate of drug-likeness (QED) is 0.755. The summed E-state index contributed by atoms with van der Waals surface area (Å²) in [5, 5.41) is 13.4. The maximum Gasteiger partial charge on any atom is 0.416 e. The summed E-state index contributed by atoms with van der Waals surface area (Å²) in [4.78, 5) is 4.14. The molecule has 0 radical (unpaired) electrons. The summed E-state index contributed by atoms with van der Waals surface area (Å²) in [5.41, 5.74) is -0.700. The molecule has 2 N–H and O–H groups in total. The molecule has 0 fully saturated rings. The molecule has 1 heterocycles. The zero-order valence-electron chi connectivity index (χ0n) is 12.3. The van der Waals surface area contributed by atoms with Crippen molar-refractivity contribution in [3.63, 3.8) is 0 Å². The molecule has 0 saturated carbocycles. The lowest BCUT2D eigenvalue weighted by molar-refractivity contribution is -0.137. The smallest absolute Gasteiger partial charge is 0.353 e. The van der Waals surface area contributed by atoms with Crippen LogP contribution in [0.4, 0.5) is 30.6 Å². The third-order valence-corrected chi connectivity index (χ3v) is 3.26. The van der Waals surface area contributed by atoms with Crippen LogP contribution in [0, 0.1) is 0 Å². The van der Waals surface area contributed by atoms with E-state index in [1.54, 1.807) is 0 Å². The summed E-state index contributed by atoms with van der Waals surface area (Å²) < 4.78 is 38.3. The van der Waals surface area contributed by atoms with Gasteiger partial charge in [0.2, 0.25) is 5.95 Å². The number of hydrogen-bond donors (Lipinski definition) is 2. The van der Waals surface area contributed by atoms with Gasteiger partial charge in [0.05, 0.1) is 22.5 Å². The van der Waals surface area contributed by atoms with Gasteiger partial charge in [-0.25, -0.2) is 0 Å². The zero-order chi connectivity index (χ0) is 16.9. The van der Waals surface area contributed by atoms with Crippen molar-refractivity contribution in [2.45, 2.75) is 25.9 Å². The molecule has 1 aromatic heterocycles. The Balaban J connectivity index is 2.17. The first-order valence-corrected chi connectivity index (χ1v) is 7.35. The van der Waals surface area contributed by atoms with E-state index in [2.05, 4.69) is 32.7 Å². The Morgan fingerprint density at radius 1 is 1.26 bits per heavy atom. The molecule has 0 aliphatic carbocycles. The lowest BCUT2D eigenvalue weighted by Gasteiger charge is -2.12. The van der Waals surface area contributed by atoms with Gasteiger partial charge in [-0.3, -0.25) is 0 Å². The number of alkyl halides is 3. The Morgan fingerprint density at radius 3 is 2.74 bits per heavy atom. The van der Waals surface area contributed by atoms with Crippen LogP contribution < -0.4 is 10.6 Å². The van der Waals surface area contributed by atoms with Crippen LogP contribution >= 0.6 is 11.6 Å². The van der Waals surface area contributed by atoms with Crippen molar-refractivity contribution in [1.82, 2.24) is 15.2 Å². The molecular weight excluding hydrogens is 331 g/mol. The van der Waals surface area contributed by atoms with E-state index in [4.69, 9.17) is 11.6 Å². The Hall–Kier alpha value is -2.09. The van der Waals surface area contributed by atoms with Crippen molar-refractivity contribution in [2.24, 2.45) is 0 Å². The van der Waals surface area contributed by atoms with Crippen molar-refractivity contribution in [3.05, 3.63) is 35.0 Å². The fraction of sp³-hybridized carbons (Fsp3) is 0.357. The van der Waals surface area contributed by atoms with E-state index in [-0.39, 0.29) is 16.5 Å². The van der Waals surface area contributed by atoms with Crippen LogP contribution in [0.2, 0.25) is 5.02 Å². The van der Waals surface area contributed by atoms with Crippen LogP contribution in [-0.2, 0) is 6.18 Å². The van der Waals surface area contributed by atoms with Gasteiger partial charge in [0.1, 0.15) is 0 Å². The molecule has 0 bridgehead atoms. The van der Waals surface area contributed by atoms with Crippen LogP contribution in [-0.4, -0.2) is 21.7 Å². The highest BCUT2D eigenvalue weighted by Gasteiger charge is 2.31. The van der Waals surface area contributed by atoms with Crippen LogP contribution in [0.1, 0.15) is 25.3 Å². The lowest BCUT2D eigenvalue weighted by Crippen LogP contribution is -2.08. The van der Waals surface area contributed by atoms with Gasteiger partial charge in [-0.1, -0.05) is 24.9 Å². The minimum Gasteiger partial charge on any atom is -0.353 e. The minimum atomic E-state index is -4.45. The Kier molecular flexibility index (Phi) is 5.59. The summed E-state index contributed by atoms with van der Waals surface area (Å²) >= 11 is 5.93. The van der Waals surface area contributed by atoms with Crippen LogP contribution in [0.5, 0.6) is 0 Å². The molecular formula is C14H15ClF3N5. The highest BCUT2D eigenvalue weighted by Crippen LogP contribution is 2.34. The summed E-state index contributed by atoms with van der Waals surface area (Å²) in [7, 11) is 0. The van der Waals surface area contributed by atoms with Gasteiger partial charge in [0.25, 0.3) is 0 Å². The Labute approximate surface area is 136 Å². The van der Waals surface area contributed by atoms with Crippen molar-refractivity contribution >= 4 is 29.1 Å². The summed E-state index contributed by atoms with van der Waals surface area (Å²) in [6.45, 7) is 2.74. The van der Waals surface area contributed by atoms with Crippen LogP contribution in [0.15, 0.2) is 24.4 Å². The molecule has 0 unspecified atom stereocenters. The first-order chi connectivity index (χ1) is 10.9. The predicted octanol–water partition coefficient (Wildman–Crippen LogP) is 4.50. The van der Waals surface area contributed by atoms with Crippen LogP contribution in [0.25, 0.3) is 0 Å². The number of nitrogens with zero attached hydrogens (tertiary/aromatic N) is 3. The molecule has 0 saturated heterocycles. The number of benzene rings is 1. The second-order valence-corrected chi connectivity index (χ2v) is 5.17. The number of nitrogens with one attached hydrogen (secondary N) is 2. The van der Waals surface area contributed by atoms with Gasteiger partial charge in [0, 0.05) is 6.54 Å². The molecule has 9 heteroatoms. The van der Waals surface area contributed by atoms with E-state index in [1.807, 2.05) is 0 Å². The molecule has 0 spiro atoms. The predicted molar refractivity (Wildman–Crippen MR) is 83.0 cm³/mol. The normalized spacial score (nSPS) is 11.3. The van der Waals surface area contributed by atoms with E-state index in [9.17, 15) is 13.2 Å². The Bertz CT molecular complexity index is 663. The fourth-order valence-electron chi connectivity index (χ4n) is 1.75. The highest BCUT2D eigenvalue weighted by atomic mass is 35.5. The average molecular weight is 346 g/mol. The largest absolute Gasteiger partial charge is 0.416 e. The Morgan fingerprint density at radius 2 is 2.04 bits per heavy atom. The molecule has 0 aliphatic rings. The second-order valence-electron chi connectivity index (χ2n) is 4.76. The van der Waals surface area contributed by atoms with Crippen molar-refractivity contribution in [2.75, 3.05) is 17.2 Å². The van der Waals surface area contributed by atoms with E-state index in [1.165, 1.54) is 12.3 Å². The zero-order valence-corrected chi connectivity index (χ0v) is 13.0. The summed E-state index contributed by atoms with van der Waals surface area (Å²) in [6.07, 6.45) is -1.18. The number of rotatable bonds is 6. The van der Waals surface area contributed by atoms with Crippen molar-refractivity contribution < 1.29 is 13.2 Å². The third kappa shape index (κ3) is 4.95. The van der Waals surface area contributed by atoms with Gasteiger partial charge in [-0.05, 0) is 24.6 Å². The van der Waals surface area contributed by atoms with Gasteiger partial charge in [-0.2, -0.15) is 23.3 Å². The van der Waals surface area contributed by atoms with Crippen molar-refractivity contribution in [3.8, 4) is 0 Å². The molecule has 1 aromatic carbocycles. The molecule has 5 nitrogen and oxygen atoms in total. The van der Waals surface area contributed by atoms with E-state index in [0.717, 1.165) is 25.0 Å². The third-order valence-electron chi connectivity index (χ3n) is 2.93. The van der Waals surface area contributed by atoms with E-state index < -0.39 is 11.7 Å². The first-order valence-electron chi connectivity index (χ1n) is 6.97.